The first-order valence-electron chi connectivity index (χ1n) is 5.75. The van der Waals surface area contributed by atoms with E-state index in [1.807, 2.05) is 6.07 Å². The summed E-state index contributed by atoms with van der Waals surface area (Å²) in [6.45, 7) is 1.80. The summed E-state index contributed by atoms with van der Waals surface area (Å²) in [5.41, 5.74) is 0.0939. The highest BCUT2D eigenvalue weighted by Crippen LogP contribution is 2.36. The molecule has 1 N–H and O–H groups in total. The van der Waals surface area contributed by atoms with E-state index in [2.05, 4.69) is 20.9 Å². The van der Waals surface area contributed by atoms with Crippen LogP contribution >= 0.6 is 15.9 Å². The Labute approximate surface area is 122 Å². The van der Waals surface area contributed by atoms with Gasteiger partial charge >= 0.3 is 6.18 Å². The van der Waals surface area contributed by atoms with E-state index >= 15 is 0 Å². The zero-order chi connectivity index (χ0) is 14.9. The van der Waals surface area contributed by atoms with E-state index in [-0.39, 0.29) is 5.56 Å². The van der Waals surface area contributed by atoms with E-state index in [0.29, 0.717) is 10.0 Å². The van der Waals surface area contributed by atoms with Crippen molar-refractivity contribution in [3.05, 3.63) is 63.4 Å². The summed E-state index contributed by atoms with van der Waals surface area (Å²) >= 11 is 3.26. The lowest BCUT2D eigenvalue weighted by Crippen LogP contribution is -2.13. The maximum Gasteiger partial charge on any atom is 0.416 e. The first-order chi connectivity index (χ1) is 9.29. The van der Waals surface area contributed by atoms with Crippen LogP contribution in [-0.4, -0.2) is 10.1 Å². The van der Waals surface area contributed by atoms with Crippen LogP contribution in [0.5, 0.6) is 0 Å². The van der Waals surface area contributed by atoms with Crippen molar-refractivity contribution in [2.45, 2.75) is 19.2 Å². The van der Waals surface area contributed by atoms with Crippen LogP contribution in [-0.2, 0) is 6.18 Å². The third-order valence-corrected chi connectivity index (χ3v) is 3.29. The smallest absolute Gasteiger partial charge is 0.384 e. The zero-order valence-corrected chi connectivity index (χ0v) is 12.0. The fourth-order valence-corrected chi connectivity index (χ4v) is 2.61. The number of pyridine rings is 1. The third-order valence-electron chi connectivity index (χ3n) is 2.83. The Morgan fingerprint density at radius 2 is 1.95 bits per heavy atom. The van der Waals surface area contributed by atoms with Crippen LogP contribution in [0.2, 0.25) is 0 Å². The van der Waals surface area contributed by atoms with Crippen LogP contribution in [0.1, 0.15) is 28.4 Å². The monoisotopic (exact) mass is 345 g/mol. The minimum atomic E-state index is -4.53. The predicted molar refractivity (Wildman–Crippen MR) is 72.2 cm³/mol. The summed E-state index contributed by atoms with van der Waals surface area (Å²) in [5.74, 6) is 0. The number of aliphatic hydroxyl groups is 1. The van der Waals surface area contributed by atoms with Gasteiger partial charge in [0.25, 0.3) is 0 Å². The van der Waals surface area contributed by atoms with Gasteiger partial charge in [0.2, 0.25) is 0 Å². The van der Waals surface area contributed by atoms with Gasteiger partial charge in [-0.15, -0.1) is 0 Å². The highest BCUT2D eigenvalue weighted by molar-refractivity contribution is 9.10. The molecule has 1 heterocycles. The van der Waals surface area contributed by atoms with Gasteiger partial charge in [-0.3, -0.25) is 4.98 Å². The van der Waals surface area contributed by atoms with Crippen molar-refractivity contribution in [1.82, 2.24) is 4.98 Å². The number of aryl methyl sites for hydroxylation is 1. The Hall–Kier alpha value is -1.40. The predicted octanol–water partition coefficient (Wildman–Crippen LogP) is 4.25. The molecular formula is C14H11BrF3NO. The van der Waals surface area contributed by atoms with E-state index in [4.69, 9.17) is 0 Å². The molecule has 0 spiro atoms. The van der Waals surface area contributed by atoms with Gasteiger partial charge in [-0.05, 0) is 36.2 Å². The number of rotatable bonds is 2. The molecule has 0 saturated carbocycles. The molecule has 20 heavy (non-hydrogen) atoms. The molecule has 0 aliphatic carbocycles. The van der Waals surface area contributed by atoms with Gasteiger partial charge in [-0.2, -0.15) is 13.2 Å². The number of aliphatic hydroxyl groups excluding tert-OH is 1. The number of benzene rings is 1. The molecule has 0 amide bonds. The normalized spacial score (nSPS) is 13.3. The SMILES string of the molecule is Cc1cc(Br)cc(C(O)c2cnccc2C(F)(F)F)c1. The van der Waals surface area contributed by atoms with Crippen molar-refractivity contribution in [2.24, 2.45) is 0 Å². The summed E-state index contributed by atoms with van der Waals surface area (Å²) in [6, 6.07) is 5.90. The summed E-state index contributed by atoms with van der Waals surface area (Å²) in [7, 11) is 0. The Balaban J connectivity index is 2.51. The Morgan fingerprint density at radius 1 is 1.25 bits per heavy atom. The molecule has 6 heteroatoms. The van der Waals surface area contributed by atoms with Crippen LogP contribution in [0.25, 0.3) is 0 Å². The van der Waals surface area contributed by atoms with Crippen LogP contribution in [0.3, 0.4) is 0 Å². The lowest BCUT2D eigenvalue weighted by atomic mass is 9.97. The summed E-state index contributed by atoms with van der Waals surface area (Å²) in [6.07, 6.45) is -3.80. The molecule has 2 aromatic rings. The van der Waals surface area contributed by atoms with Gasteiger partial charge in [0.15, 0.2) is 0 Å². The number of halogens is 4. The molecule has 1 aromatic heterocycles. The quantitative estimate of drug-likeness (QED) is 0.882. The van der Waals surface area contributed by atoms with Crippen molar-refractivity contribution >= 4 is 15.9 Å². The third kappa shape index (κ3) is 3.19. The molecule has 0 saturated heterocycles. The van der Waals surface area contributed by atoms with Gasteiger partial charge in [0.05, 0.1) is 5.56 Å². The van der Waals surface area contributed by atoms with E-state index in [1.165, 1.54) is 0 Å². The van der Waals surface area contributed by atoms with Crippen LogP contribution in [0.15, 0.2) is 41.1 Å². The van der Waals surface area contributed by atoms with Crippen LogP contribution in [0, 0.1) is 6.92 Å². The highest BCUT2D eigenvalue weighted by Gasteiger charge is 2.35. The Bertz CT molecular complexity index is 608. The average molecular weight is 346 g/mol. The van der Waals surface area contributed by atoms with Crippen molar-refractivity contribution < 1.29 is 18.3 Å². The molecule has 0 aliphatic heterocycles. The highest BCUT2D eigenvalue weighted by atomic mass is 79.9. The first-order valence-corrected chi connectivity index (χ1v) is 6.54. The number of nitrogens with zero attached hydrogens (tertiary/aromatic N) is 1. The Kier molecular flexibility index (Phi) is 4.15. The van der Waals surface area contributed by atoms with Gasteiger partial charge < -0.3 is 5.11 Å². The van der Waals surface area contributed by atoms with Gasteiger partial charge in [-0.1, -0.05) is 22.0 Å². The standard InChI is InChI=1S/C14H11BrF3NO/c1-8-4-9(6-10(15)5-8)13(20)11-7-19-3-2-12(11)14(16,17)18/h2-7,13,20H,1H3. The number of hydrogen-bond acceptors (Lipinski definition) is 2. The molecule has 1 unspecified atom stereocenters. The molecule has 1 atom stereocenters. The molecule has 2 rings (SSSR count). The van der Waals surface area contributed by atoms with E-state index < -0.39 is 17.8 Å². The summed E-state index contributed by atoms with van der Waals surface area (Å²) < 4.78 is 39.5. The fourth-order valence-electron chi connectivity index (χ4n) is 1.98. The van der Waals surface area contributed by atoms with Gasteiger partial charge in [-0.25, -0.2) is 0 Å². The molecular weight excluding hydrogens is 335 g/mol. The molecule has 0 radical (unpaired) electrons. The summed E-state index contributed by atoms with van der Waals surface area (Å²) in [5, 5.41) is 10.2. The summed E-state index contributed by atoms with van der Waals surface area (Å²) in [4.78, 5) is 3.68. The second-order valence-corrected chi connectivity index (χ2v) is 5.34. The largest absolute Gasteiger partial charge is 0.416 e. The molecule has 0 fully saturated rings. The lowest BCUT2D eigenvalue weighted by Gasteiger charge is -2.17. The average Bonchev–Trinajstić information content (AvgIpc) is 2.35. The second kappa shape index (κ2) is 5.54. The molecule has 1 aromatic carbocycles. The molecule has 0 bridgehead atoms. The molecule has 2 nitrogen and oxygen atoms in total. The molecule has 0 aliphatic rings. The van der Waals surface area contributed by atoms with Crippen molar-refractivity contribution in [1.29, 1.82) is 0 Å². The second-order valence-electron chi connectivity index (χ2n) is 4.43. The van der Waals surface area contributed by atoms with E-state index in [1.54, 1.807) is 19.1 Å². The maximum absolute atomic E-state index is 12.9. The first kappa shape index (κ1) is 15.0. The van der Waals surface area contributed by atoms with E-state index in [9.17, 15) is 18.3 Å². The van der Waals surface area contributed by atoms with Gasteiger partial charge in [0, 0.05) is 22.4 Å². The maximum atomic E-state index is 12.9. The zero-order valence-electron chi connectivity index (χ0n) is 10.4. The fraction of sp³-hybridized carbons (Fsp3) is 0.214. The van der Waals surface area contributed by atoms with Crippen LogP contribution in [0.4, 0.5) is 13.2 Å². The van der Waals surface area contributed by atoms with Gasteiger partial charge in [0.1, 0.15) is 6.10 Å². The van der Waals surface area contributed by atoms with Crippen molar-refractivity contribution in [3.63, 3.8) is 0 Å². The topological polar surface area (TPSA) is 33.1 Å². The minimum absolute atomic E-state index is 0.252. The Morgan fingerprint density at radius 3 is 2.55 bits per heavy atom. The minimum Gasteiger partial charge on any atom is -0.384 e. The number of alkyl halides is 3. The molecule has 106 valence electrons. The number of hydrogen-bond donors (Lipinski definition) is 1. The van der Waals surface area contributed by atoms with E-state index in [0.717, 1.165) is 24.0 Å². The van der Waals surface area contributed by atoms with Crippen molar-refractivity contribution in [3.8, 4) is 0 Å². The van der Waals surface area contributed by atoms with Crippen LogP contribution < -0.4 is 0 Å². The number of aromatic nitrogens is 1. The van der Waals surface area contributed by atoms with Crippen molar-refractivity contribution in [2.75, 3.05) is 0 Å². The lowest BCUT2D eigenvalue weighted by molar-refractivity contribution is -0.139.